The zero-order chi connectivity index (χ0) is 21.0. The predicted molar refractivity (Wildman–Crippen MR) is 121 cm³/mol. The number of hydrogen-bond donors (Lipinski definition) is 2. The Labute approximate surface area is 180 Å². The van der Waals surface area contributed by atoms with Gasteiger partial charge in [-0.1, -0.05) is 47.5 Å². The molecule has 2 N–H and O–H groups in total. The fourth-order valence-electron chi connectivity index (χ4n) is 9.20. The molecule has 4 saturated carbocycles. The van der Waals surface area contributed by atoms with E-state index in [4.69, 9.17) is 0 Å². The van der Waals surface area contributed by atoms with Gasteiger partial charge in [-0.15, -0.1) is 0 Å². The van der Waals surface area contributed by atoms with Gasteiger partial charge in [0.2, 0.25) is 0 Å². The molecule has 2 heteroatoms. The first-order chi connectivity index (χ1) is 13.6. The first kappa shape index (κ1) is 22.1. The summed E-state index contributed by atoms with van der Waals surface area (Å²) in [6.45, 7) is 11.8. The highest BCUT2D eigenvalue weighted by Crippen LogP contribution is 2.69. The standard InChI is InChI=1S/C27H48O2/c1-18(2)24(28)11-8-19(3)21-9-10-22-20-12-17-27(29)15-7-6-14-26(27,5)23(20)13-16-25(21,22)4/h18-24,28-29H,6-17H2,1-5H3/t19-,20+,21-,22+,23+,24?,25-,26-,27?/m1/s1. The molecule has 4 rings (SSSR count). The molecule has 2 unspecified atom stereocenters. The van der Waals surface area contributed by atoms with Crippen LogP contribution in [0.2, 0.25) is 0 Å². The van der Waals surface area contributed by atoms with Gasteiger partial charge in [-0.25, -0.2) is 0 Å². The van der Waals surface area contributed by atoms with Gasteiger partial charge in [0.05, 0.1) is 11.7 Å². The lowest BCUT2D eigenvalue weighted by molar-refractivity contribution is -0.205. The maximum atomic E-state index is 11.6. The Morgan fingerprint density at radius 1 is 0.828 bits per heavy atom. The number of rotatable bonds is 5. The average Bonchev–Trinajstić information content (AvgIpc) is 3.03. The van der Waals surface area contributed by atoms with E-state index in [0.717, 1.165) is 48.9 Å². The lowest BCUT2D eigenvalue weighted by Crippen LogP contribution is -2.61. The minimum Gasteiger partial charge on any atom is -0.393 e. The van der Waals surface area contributed by atoms with Crippen molar-refractivity contribution in [3.8, 4) is 0 Å². The molecule has 0 aromatic heterocycles. The monoisotopic (exact) mass is 404 g/mol. The molecule has 0 radical (unpaired) electrons. The molecule has 4 aliphatic rings. The van der Waals surface area contributed by atoms with Crippen LogP contribution in [0.4, 0.5) is 0 Å². The van der Waals surface area contributed by atoms with Gasteiger partial charge in [0, 0.05) is 0 Å². The molecule has 0 aromatic rings. The van der Waals surface area contributed by atoms with Gasteiger partial charge in [0.25, 0.3) is 0 Å². The van der Waals surface area contributed by atoms with Gasteiger partial charge in [0.1, 0.15) is 0 Å². The van der Waals surface area contributed by atoms with Crippen molar-refractivity contribution in [1.29, 1.82) is 0 Å². The van der Waals surface area contributed by atoms with Gasteiger partial charge < -0.3 is 10.2 Å². The van der Waals surface area contributed by atoms with Crippen molar-refractivity contribution in [2.75, 3.05) is 0 Å². The van der Waals surface area contributed by atoms with E-state index in [-0.39, 0.29) is 17.1 Å². The summed E-state index contributed by atoms with van der Waals surface area (Å²) >= 11 is 0. The van der Waals surface area contributed by atoms with Crippen LogP contribution in [-0.2, 0) is 0 Å². The Morgan fingerprint density at radius 2 is 1.55 bits per heavy atom. The maximum absolute atomic E-state index is 11.6. The van der Waals surface area contributed by atoms with Crippen molar-refractivity contribution in [1.82, 2.24) is 0 Å². The van der Waals surface area contributed by atoms with Crippen LogP contribution in [0.3, 0.4) is 0 Å². The third-order valence-electron chi connectivity index (χ3n) is 11.2. The Hall–Kier alpha value is -0.0800. The minimum atomic E-state index is -0.377. The molecule has 9 atom stereocenters. The van der Waals surface area contributed by atoms with Gasteiger partial charge in [-0.3, -0.25) is 0 Å². The van der Waals surface area contributed by atoms with Crippen LogP contribution in [0.15, 0.2) is 0 Å². The van der Waals surface area contributed by atoms with Crippen LogP contribution in [0.25, 0.3) is 0 Å². The van der Waals surface area contributed by atoms with Crippen molar-refractivity contribution < 1.29 is 10.2 Å². The lowest BCUT2D eigenvalue weighted by atomic mass is 9.43. The molecular formula is C27H48O2. The number of aliphatic hydroxyl groups excluding tert-OH is 1. The van der Waals surface area contributed by atoms with Gasteiger partial charge >= 0.3 is 0 Å². The molecule has 0 spiro atoms. The van der Waals surface area contributed by atoms with Crippen molar-refractivity contribution >= 4 is 0 Å². The smallest absolute Gasteiger partial charge is 0.0703 e. The summed E-state index contributed by atoms with van der Waals surface area (Å²) in [6.07, 6.45) is 14.7. The molecule has 0 heterocycles. The SMILES string of the molecule is CC(C)C(O)CC[C@@H](C)[C@H]1CC[C@H]2[C@@H]3CCC4(O)CCCC[C@]4(C)[C@H]3CC[C@]12C. The van der Waals surface area contributed by atoms with Crippen molar-refractivity contribution in [3.63, 3.8) is 0 Å². The van der Waals surface area contributed by atoms with E-state index in [1.54, 1.807) is 0 Å². The summed E-state index contributed by atoms with van der Waals surface area (Å²) in [5, 5.41) is 21.9. The van der Waals surface area contributed by atoms with Gasteiger partial charge in [-0.05, 0) is 111 Å². The van der Waals surface area contributed by atoms with E-state index in [9.17, 15) is 10.2 Å². The van der Waals surface area contributed by atoms with E-state index < -0.39 is 0 Å². The topological polar surface area (TPSA) is 40.5 Å². The van der Waals surface area contributed by atoms with Crippen LogP contribution < -0.4 is 0 Å². The molecule has 0 bridgehead atoms. The van der Waals surface area contributed by atoms with Gasteiger partial charge in [0.15, 0.2) is 0 Å². The molecule has 0 saturated heterocycles. The van der Waals surface area contributed by atoms with E-state index in [1.165, 1.54) is 57.8 Å². The second kappa shape index (κ2) is 7.80. The second-order valence-electron chi connectivity index (χ2n) is 12.7. The summed E-state index contributed by atoms with van der Waals surface area (Å²) in [6, 6.07) is 0. The zero-order valence-corrected chi connectivity index (χ0v) is 19.9. The minimum absolute atomic E-state index is 0.138. The van der Waals surface area contributed by atoms with Crippen molar-refractivity contribution in [3.05, 3.63) is 0 Å². The molecule has 4 fully saturated rings. The molecule has 2 nitrogen and oxygen atoms in total. The Bertz CT molecular complexity index is 587. The quantitative estimate of drug-likeness (QED) is 0.543. The van der Waals surface area contributed by atoms with Crippen molar-refractivity contribution in [2.45, 2.75) is 123 Å². The predicted octanol–water partition coefficient (Wildman–Crippen LogP) is 6.58. The third-order valence-corrected chi connectivity index (χ3v) is 11.2. The van der Waals surface area contributed by atoms with E-state index in [0.29, 0.717) is 11.3 Å². The molecule has 0 amide bonds. The van der Waals surface area contributed by atoms with Crippen LogP contribution >= 0.6 is 0 Å². The second-order valence-corrected chi connectivity index (χ2v) is 12.7. The van der Waals surface area contributed by atoms with Crippen LogP contribution in [0.5, 0.6) is 0 Å². The van der Waals surface area contributed by atoms with Gasteiger partial charge in [-0.2, -0.15) is 0 Å². The first-order valence-electron chi connectivity index (χ1n) is 13.0. The normalized spacial score (nSPS) is 49.2. The fourth-order valence-corrected chi connectivity index (χ4v) is 9.20. The zero-order valence-electron chi connectivity index (χ0n) is 19.9. The lowest BCUT2D eigenvalue weighted by Gasteiger charge is -2.63. The molecule has 0 aromatic carbocycles. The maximum Gasteiger partial charge on any atom is 0.0703 e. The van der Waals surface area contributed by atoms with Crippen molar-refractivity contribution in [2.24, 2.45) is 46.3 Å². The average molecular weight is 405 g/mol. The largest absolute Gasteiger partial charge is 0.393 e. The molecular weight excluding hydrogens is 356 g/mol. The van der Waals surface area contributed by atoms with E-state index >= 15 is 0 Å². The molecule has 29 heavy (non-hydrogen) atoms. The molecule has 168 valence electrons. The Morgan fingerprint density at radius 3 is 2.28 bits per heavy atom. The molecule has 0 aliphatic heterocycles. The number of fused-ring (bicyclic) bond motifs is 5. The van der Waals surface area contributed by atoms with E-state index in [1.807, 2.05) is 0 Å². The van der Waals surface area contributed by atoms with Crippen LogP contribution in [-0.4, -0.2) is 21.9 Å². The highest BCUT2D eigenvalue weighted by Gasteiger charge is 2.63. The summed E-state index contributed by atoms with van der Waals surface area (Å²) in [4.78, 5) is 0. The number of aliphatic hydroxyl groups is 2. The van der Waals surface area contributed by atoms with Crippen LogP contribution in [0.1, 0.15) is 112 Å². The Kier molecular flexibility index (Phi) is 5.95. The summed E-state index contributed by atoms with van der Waals surface area (Å²) < 4.78 is 0. The van der Waals surface area contributed by atoms with E-state index in [2.05, 4.69) is 34.6 Å². The highest BCUT2D eigenvalue weighted by atomic mass is 16.3. The van der Waals surface area contributed by atoms with Crippen LogP contribution in [0, 0.1) is 46.3 Å². The summed E-state index contributed by atoms with van der Waals surface area (Å²) in [5.74, 6) is 4.38. The number of hydrogen-bond acceptors (Lipinski definition) is 2. The summed E-state index contributed by atoms with van der Waals surface area (Å²) in [5.41, 5.74) is 0.281. The highest BCUT2D eigenvalue weighted by molar-refractivity contribution is 5.13. The summed E-state index contributed by atoms with van der Waals surface area (Å²) in [7, 11) is 0. The first-order valence-corrected chi connectivity index (χ1v) is 13.0. The third kappa shape index (κ3) is 3.43. The molecule has 4 aliphatic carbocycles. The Balaban J connectivity index is 1.49. The fraction of sp³-hybridized carbons (Fsp3) is 1.00.